The number of carbonyl (C=O) groups is 2. The molecule has 1 fully saturated rings. The van der Waals surface area contributed by atoms with E-state index in [9.17, 15) is 9.59 Å². The number of carbonyl (C=O) groups excluding carboxylic acids is 2. The zero-order valence-electron chi connectivity index (χ0n) is 13.0. The van der Waals surface area contributed by atoms with E-state index in [0.29, 0.717) is 13.0 Å². The van der Waals surface area contributed by atoms with Crippen molar-refractivity contribution >= 4 is 11.9 Å². The lowest BCUT2D eigenvalue weighted by Gasteiger charge is -2.39. The summed E-state index contributed by atoms with van der Waals surface area (Å²) in [6.07, 6.45) is 2.57. The lowest BCUT2D eigenvalue weighted by Crippen LogP contribution is -2.53. The molecule has 1 atom stereocenters. The lowest BCUT2D eigenvalue weighted by atomic mass is 9.82. The van der Waals surface area contributed by atoms with Crippen LogP contribution in [0.2, 0.25) is 0 Å². The molecule has 0 bridgehead atoms. The predicted octanol–water partition coefficient (Wildman–Crippen LogP) is 2.52. The Morgan fingerprint density at radius 3 is 2.48 bits per heavy atom. The number of hydrogen-bond donors (Lipinski definition) is 0. The minimum atomic E-state index is -0.648. The van der Waals surface area contributed by atoms with Gasteiger partial charge < -0.3 is 9.64 Å². The van der Waals surface area contributed by atoms with E-state index in [1.165, 1.54) is 7.11 Å². The quantitative estimate of drug-likeness (QED) is 0.803. The molecule has 0 aliphatic carbocycles. The van der Waals surface area contributed by atoms with Crippen molar-refractivity contribution in [1.29, 1.82) is 0 Å². The number of hydrogen-bond acceptors (Lipinski definition) is 3. The van der Waals surface area contributed by atoms with Crippen LogP contribution in [0, 0.1) is 0 Å². The number of amides is 1. The average Bonchev–Trinajstić information content (AvgIpc) is 2.54. The van der Waals surface area contributed by atoms with Crippen LogP contribution in [0.25, 0.3) is 0 Å². The van der Waals surface area contributed by atoms with Crippen LogP contribution in [-0.2, 0) is 19.7 Å². The number of rotatable bonds is 3. The molecule has 2 rings (SSSR count). The summed E-state index contributed by atoms with van der Waals surface area (Å²) in [7, 11) is 1.38. The Bertz CT molecular complexity index is 510. The zero-order valence-corrected chi connectivity index (χ0v) is 13.0. The number of ether oxygens (including phenoxy) is 1. The van der Waals surface area contributed by atoms with Gasteiger partial charge in [-0.15, -0.1) is 0 Å². The fourth-order valence-corrected chi connectivity index (χ4v) is 2.89. The standard InChI is InChI=1S/C17H23NO3/c1-17(2,13-9-5-4-6-10-13)16(20)18-12-8-7-11-14(18)15(19)21-3/h4-6,9-10,14H,7-8,11-12H2,1-3H3. The molecule has 1 aliphatic heterocycles. The summed E-state index contributed by atoms with van der Waals surface area (Å²) < 4.78 is 4.86. The number of benzene rings is 1. The average molecular weight is 289 g/mol. The highest BCUT2D eigenvalue weighted by atomic mass is 16.5. The first-order chi connectivity index (χ1) is 9.98. The third-order valence-electron chi connectivity index (χ3n) is 4.27. The molecule has 0 aromatic heterocycles. The number of nitrogens with zero attached hydrogens (tertiary/aromatic N) is 1. The maximum atomic E-state index is 13.0. The first-order valence-electron chi connectivity index (χ1n) is 7.43. The normalized spacial score (nSPS) is 19.2. The van der Waals surface area contributed by atoms with Gasteiger partial charge in [-0.3, -0.25) is 4.79 Å². The van der Waals surface area contributed by atoms with E-state index in [-0.39, 0.29) is 11.9 Å². The highest BCUT2D eigenvalue weighted by molar-refractivity contribution is 5.91. The van der Waals surface area contributed by atoms with Gasteiger partial charge in [0.25, 0.3) is 0 Å². The summed E-state index contributed by atoms with van der Waals surface area (Å²) in [6.45, 7) is 4.44. The Morgan fingerprint density at radius 1 is 1.19 bits per heavy atom. The summed E-state index contributed by atoms with van der Waals surface area (Å²) in [5, 5.41) is 0. The van der Waals surface area contributed by atoms with Gasteiger partial charge in [-0.25, -0.2) is 4.79 Å². The van der Waals surface area contributed by atoms with Crippen molar-refractivity contribution in [2.45, 2.75) is 44.6 Å². The van der Waals surface area contributed by atoms with Crippen molar-refractivity contribution < 1.29 is 14.3 Å². The van der Waals surface area contributed by atoms with Gasteiger partial charge in [0, 0.05) is 6.54 Å². The van der Waals surface area contributed by atoms with E-state index >= 15 is 0 Å². The summed E-state index contributed by atoms with van der Waals surface area (Å²) in [5.41, 5.74) is 0.314. The second-order valence-corrected chi connectivity index (χ2v) is 6.02. The summed E-state index contributed by atoms with van der Waals surface area (Å²) in [5.74, 6) is -0.323. The molecule has 0 spiro atoms. The third-order valence-corrected chi connectivity index (χ3v) is 4.27. The fourth-order valence-electron chi connectivity index (χ4n) is 2.89. The molecule has 4 nitrogen and oxygen atoms in total. The molecular weight excluding hydrogens is 266 g/mol. The van der Waals surface area contributed by atoms with E-state index in [0.717, 1.165) is 18.4 Å². The molecular formula is C17H23NO3. The number of likely N-dealkylation sites (tertiary alicyclic amines) is 1. The molecule has 1 amide bonds. The second kappa shape index (κ2) is 6.29. The van der Waals surface area contributed by atoms with Crippen LogP contribution in [0.5, 0.6) is 0 Å². The maximum absolute atomic E-state index is 13.0. The van der Waals surface area contributed by atoms with E-state index in [4.69, 9.17) is 4.74 Å². The topological polar surface area (TPSA) is 46.6 Å². The molecule has 0 saturated carbocycles. The smallest absolute Gasteiger partial charge is 0.328 e. The van der Waals surface area contributed by atoms with Crippen LogP contribution >= 0.6 is 0 Å². The first kappa shape index (κ1) is 15.5. The molecule has 21 heavy (non-hydrogen) atoms. The molecule has 1 aliphatic rings. The predicted molar refractivity (Wildman–Crippen MR) is 80.8 cm³/mol. The monoisotopic (exact) mass is 289 g/mol. The highest BCUT2D eigenvalue weighted by Crippen LogP contribution is 2.29. The van der Waals surface area contributed by atoms with Gasteiger partial charge in [0.05, 0.1) is 12.5 Å². The zero-order chi connectivity index (χ0) is 15.5. The van der Waals surface area contributed by atoms with Crippen LogP contribution in [-0.4, -0.2) is 36.5 Å². The Labute approximate surface area is 126 Å². The van der Waals surface area contributed by atoms with E-state index in [2.05, 4.69) is 0 Å². The van der Waals surface area contributed by atoms with Gasteiger partial charge in [-0.1, -0.05) is 30.3 Å². The number of methoxy groups -OCH3 is 1. The Hall–Kier alpha value is -1.84. The number of piperidine rings is 1. The molecule has 1 unspecified atom stereocenters. The van der Waals surface area contributed by atoms with Crippen molar-refractivity contribution in [2.75, 3.05) is 13.7 Å². The van der Waals surface area contributed by atoms with Gasteiger partial charge in [0.2, 0.25) is 5.91 Å². The molecule has 1 aromatic carbocycles. The van der Waals surface area contributed by atoms with Gasteiger partial charge in [0.1, 0.15) is 6.04 Å². The fraction of sp³-hybridized carbons (Fsp3) is 0.529. The van der Waals surface area contributed by atoms with Crippen molar-refractivity contribution in [3.8, 4) is 0 Å². The van der Waals surface area contributed by atoms with E-state index in [1.54, 1.807) is 4.90 Å². The SMILES string of the molecule is COC(=O)C1CCCCN1C(=O)C(C)(C)c1ccccc1. The Morgan fingerprint density at radius 2 is 1.86 bits per heavy atom. The molecule has 1 saturated heterocycles. The Balaban J connectivity index is 2.26. The second-order valence-electron chi connectivity index (χ2n) is 6.02. The summed E-state index contributed by atoms with van der Waals surface area (Å²) in [4.78, 5) is 26.6. The summed E-state index contributed by atoms with van der Waals surface area (Å²) in [6, 6.07) is 9.25. The molecule has 1 heterocycles. The minimum absolute atomic E-state index is 0.0104. The van der Waals surface area contributed by atoms with Crippen molar-refractivity contribution in [2.24, 2.45) is 0 Å². The van der Waals surface area contributed by atoms with Crippen LogP contribution in [0.3, 0.4) is 0 Å². The molecule has 4 heteroatoms. The van der Waals surface area contributed by atoms with Gasteiger partial charge >= 0.3 is 5.97 Å². The first-order valence-corrected chi connectivity index (χ1v) is 7.43. The molecule has 1 aromatic rings. The summed E-state index contributed by atoms with van der Waals surface area (Å²) >= 11 is 0. The van der Waals surface area contributed by atoms with Gasteiger partial charge in [-0.2, -0.15) is 0 Å². The van der Waals surface area contributed by atoms with Crippen LogP contribution in [0.1, 0.15) is 38.7 Å². The van der Waals surface area contributed by atoms with Crippen molar-refractivity contribution in [1.82, 2.24) is 4.90 Å². The Kier molecular flexibility index (Phi) is 4.66. The lowest BCUT2D eigenvalue weighted by molar-refractivity contribution is -0.156. The van der Waals surface area contributed by atoms with E-state index in [1.807, 2.05) is 44.2 Å². The highest BCUT2D eigenvalue weighted by Gasteiger charge is 2.40. The molecule has 0 N–H and O–H groups in total. The van der Waals surface area contributed by atoms with Gasteiger partial charge in [-0.05, 0) is 38.7 Å². The van der Waals surface area contributed by atoms with Crippen molar-refractivity contribution in [3.63, 3.8) is 0 Å². The van der Waals surface area contributed by atoms with E-state index < -0.39 is 11.5 Å². The molecule has 114 valence electrons. The largest absolute Gasteiger partial charge is 0.467 e. The number of esters is 1. The minimum Gasteiger partial charge on any atom is -0.467 e. The van der Waals surface area contributed by atoms with Crippen LogP contribution in [0.4, 0.5) is 0 Å². The van der Waals surface area contributed by atoms with Crippen LogP contribution in [0.15, 0.2) is 30.3 Å². The third kappa shape index (κ3) is 3.09. The van der Waals surface area contributed by atoms with Crippen LogP contribution < -0.4 is 0 Å². The maximum Gasteiger partial charge on any atom is 0.328 e. The van der Waals surface area contributed by atoms with Gasteiger partial charge in [0.15, 0.2) is 0 Å². The molecule has 0 radical (unpaired) electrons. The van der Waals surface area contributed by atoms with Crippen molar-refractivity contribution in [3.05, 3.63) is 35.9 Å².